The molecule has 0 spiro atoms. The number of methoxy groups -OCH3 is 1. The fraction of sp³-hybridized carbons (Fsp3) is 0.350. The molecule has 0 radical (unpaired) electrons. The third-order valence-electron chi connectivity index (χ3n) is 4.38. The molecule has 0 unspecified atom stereocenters. The van der Waals surface area contributed by atoms with E-state index in [1.165, 1.54) is 32.4 Å². The maximum absolute atomic E-state index is 13.2. The Morgan fingerprint density at radius 1 is 1.03 bits per heavy atom. The van der Waals surface area contributed by atoms with Crippen molar-refractivity contribution in [1.82, 2.24) is 9.03 Å². The molecule has 9 nitrogen and oxygen atoms in total. The summed E-state index contributed by atoms with van der Waals surface area (Å²) in [5, 5.41) is 2.62. The van der Waals surface area contributed by atoms with Crippen LogP contribution in [0.2, 0.25) is 0 Å². The zero-order chi connectivity index (χ0) is 23.4. The average molecular weight is 470 g/mol. The molecule has 31 heavy (non-hydrogen) atoms. The Labute approximate surface area is 183 Å². The number of nitrogens with zero attached hydrogens (tertiary/aromatic N) is 1. The summed E-state index contributed by atoms with van der Waals surface area (Å²) in [5.41, 5.74) is 0.555. The van der Waals surface area contributed by atoms with Crippen LogP contribution >= 0.6 is 0 Å². The number of amides is 1. The number of likely N-dealkylation sites (N-methyl/N-ethyl adjacent to an activating group) is 1. The summed E-state index contributed by atoms with van der Waals surface area (Å²) in [6, 6.07) is 11.0. The van der Waals surface area contributed by atoms with Crippen LogP contribution < -0.4 is 14.8 Å². The summed E-state index contributed by atoms with van der Waals surface area (Å²) in [6.07, 6.45) is 1.00. The summed E-state index contributed by atoms with van der Waals surface area (Å²) in [7, 11) is -4.85. The highest BCUT2D eigenvalue weighted by atomic mass is 32.2. The van der Waals surface area contributed by atoms with E-state index in [-0.39, 0.29) is 22.4 Å². The number of ether oxygens (including phenoxy) is 1. The number of hydrogen-bond acceptors (Lipinski definition) is 6. The summed E-state index contributed by atoms with van der Waals surface area (Å²) < 4.78 is 58.0. The van der Waals surface area contributed by atoms with Crippen LogP contribution in [0.15, 0.2) is 53.4 Å². The van der Waals surface area contributed by atoms with E-state index < -0.39 is 32.0 Å². The van der Waals surface area contributed by atoms with Crippen molar-refractivity contribution in [1.29, 1.82) is 0 Å². The molecule has 0 saturated heterocycles. The first-order valence-electron chi connectivity index (χ1n) is 9.36. The largest absolute Gasteiger partial charge is 0.495 e. The van der Waals surface area contributed by atoms with Crippen molar-refractivity contribution in [3.63, 3.8) is 0 Å². The van der Waals surface area contributed by atoms with Crippen molar-refractivity contribution in [2.24, 2.45) is 0 Å². The van der Waals surface area contributed by atoms with Gasteiger partial charge in [0.1, 0.15) is 11.8 Å². The van der Waals surface area contributed by atoms with Gasteiger partial charge in [-0.05, 0) is 37.6 Å². The molecule has 0 fully saturated rings. The van der Waals surface area contributed by atoms with Gasteiger partial charge < -0.3 is 10.1 Å². The second-order valence-electron chi connectivity index (χ2n) is 7.22. The van der Waals surface area contributed by atoms with Gasteiger partial charge >= 0.3 is 0 Å². The number of anilines is 1. The minimum Gasteiger partial charge on any atom is -0.495 e. The molecule has 1 atom stereocenters. The molecular formula is C20H27N3O6S2. The summed E-state index contributed by atoms with van der Waals surface area (Å²) >= 11 is 0. The molecule has 170 valence electrons. The van der Waals surface area contributed by atoms with Gasteiger partial charge in [-0.25, -0.2) is 21.6 Å². The van der Waals surface area contributed by atoms with Gasteiger partial charge in [0.25, 0.3) is 0 Å². The SMILES string of the molecule is COc1ccc(S(=O)(=O)NC(C)C)cc1NC(=O)[C@H](c1ccccc1)N(C)S(C)(=O)=O. The molecule has 0 aliphatic rings. The number of carbonyl (C=O) groups excluding carboxylic acids is 1. The van der Waals surface area contributed by atoms with Gasteiger partial charge in [0, 0.05) is 13.1 Å². The van der Waals surface area contributed by atoms with Gasteiger partial charge in [-0.2, -0.15) is 4.31 Å². The third kappa shape index (κ3) is 6.26. The highest BCUT2D eigenvalue weighted by Crippen LogP contribution is 2.30. The van der Waals surface area contributed by atoms with E-state index in [1.54, 1.807) is 44.2 Å². The van der Waals surface area contributed by atoms with Crippen LogP contribution in [0.25, 0.3) is 0 Å². The van der Waals surface area contributed by atoms with Gasteiger partial charge in [0.2, 0.25) is 26.0 Å². The Hall–Kier alpha value is -2.47. The van der Waals surface area contributed by atoms with Gasteiger partial charge in [-0.1, -0.05) is 30.3 Å². The topological polar surface area (TPSA) is 122 Å². The fourth-order valence-corrected chi connectivity index (χ4v) is 4.76. The summed E-state index contributed by atoms with van der Waals surface area (Å²) in [5.74, 6) is -0.436. The van der Waals surface area contributed by atoms with E-state index in [9.17, 15) is 21.6 Å². The minimum atomic E-state index is -3.82. The van der Waals surface area contributed by atoms with Crippen LogP contribution in [-0.4, -0.2) is 53.5 Å². The van der Waals surface area contributed by atoms with Crippen molar-refractivity contribution >= 4 is 31.6 Å². The molecule has 0 aromatic heterocycles. The highest BCUT2D eigenvalue weighted by molar-refractivity contribution is 7.89. The second-order valence-corrected chi connectivity index (χ2v) is 11.0. The number of benzene rings is 2. The molecule has 2 N–H and O–H groups in total. The zero-order valence-corrected chi connectivity index (χ0v) is 19.6. The van der Waals surface area contributed by atoms with Crippen LogP contribution in [0.5, 0.6) is 5.75 Å². The van der Waals surface area contributed by atoms with E-state index in [1.807, 2.05) is 0 Å². The quantitative estimate of drug-likeness (QED) is 0.579. The zero-order valence-electron chi connectivity index (χ0n) is 18.0. The van der Waals surface area contributed by atoms with Crippen LogP contribution in [-0.2, 0) is 24.8 Å². The molecule has 2 aromatic rings. The Balaban J connectivity index is 2.48. The molecule has 0 bridgehead atoms. The van der Waals surface area contributed by atoms with E-state index in [2.05, 4.69) is 10.0 Å². The van der Waals surface area contributed by atoms with Gasteiger partial charge in [-0.3, -0.25) is 4.79 Å². The summed E-state index contributed by atoms with van der Waals surface area (Å²) in [4.78, 5) is 13.1. The predicted molar refractivity (Wildman–Crippen MR) is 119 cm³/mol. The lowest BCUT2D eigenvalue weighted by atomic mass is 10.1. The first-order valence-corrected chi connectivity index (χ1v) is 12.7. The van der Waals surface area contributed by atoms with Crippen LogP contribution in [0, 0.1) is 0 Å². The number of carbonyl (C=O) groups is 1. The third-order valence-corrected chi connectivity index (χ3v) is 7.29. The first kappa shape index (κ1) is 24.8. The predicted octanol–water partition coefficient (Wildman–Crippen LogP) is 1.95. The van der Waals surface area contributed by atoms with E-state index >= 15 is 0 Å². The van der Waals surface area contributed by atoms with Crippen molar-refractivity contribution in [2.75, 3.05) is 25.7 Å². The van der Waals surface area contributed by atoms with Gasteiger partial charge in [0.05, 0.1) is 23.9 Å². The second kappa shape index (κ2) is 9.77. The normalized spacial score (nSPS) is 13.3. The molecule has 2 aromatic carbocycles. The van der Waals surface area contributed by atoms with Crippen molar-refractivity contribution in [3.8, 4) is 5.75 Å². The molecular weight excluding hydrogens is 442 g/mol. The standard InChI is InChI=1S/C20H27N3O6S2/c1-14(2)22-31(27,28)16-11-12-18(29-4)17(13-16)21-20(24)19(23(3)30(5,25)26)15-9-7-6-8-10-15/h6-14,19,22H,1-5H3,(H,21,24)/t19-/m0/s1. The molecule has 11 heteroatoms. The number of hydrogen-bond donors (Lipinski definition) is 2. The van der Waals surface area contributed by atoms with Crippen molar-refractivity contribution in [3.05, 3.63) is 54.1 Å². The Kier molecular flexibility index (Phi) is 7.82. The number of nitrogens with one attached hydrogen (secondary N) is 2. The van der Waals surface area contributed by atoms with E-state index in [0.29, 0.717) is 5.56 Å². The molecule has 0 heterocycles. The molecule has 0 aliphatic heterocycles. The van der Waals surface area contributed by atoms with Crippen LogP contribution in [0.1, 0.15) is 25.5 Å². The monoisotopic (exact) mass is 469 g/mol. The van der Waals surface area contributed by atoms with E-state index in [4.69, 9.17) is 4.74 Å². The van der Waals surface area contributed by atoms with Crippen LogP contribution in [0.4, 0.5) is 5.69 Å². The van der Waals surface area contributed by atoms with E-state index in [0.717, 1.165) is 10.6 Å². The molecule has 0 aliphatic carbocycles. The first-order chi connectivity index (χ1) is 14.4. The molecule has 2 rings (SSSR count). The molecule has 1 amide bonds. The maximum Gasteiger partial charge on any atom is 0.247 e. The number of sulfonamides is 2. The Morgan fingerprint density at radius 2 is 1.65 bits per heavy atom. The van der Waals surface area contributed by atoms with Crippen LogP contribution in [0.3, 0.4) is 0 Å². The minimum absolute atomic E-state index is 0.0648. The fourth-order valence-electron chi connectivity index (χ4n) is 2.88. The smallest absolute Gasteiger partial charge is 0.247 e. The Bertz CT molecular complexity index is 1130. The lowest BCUT2D eigenvalue weighted by Gasteiger charge is -2.26. The molecule has 0 saturated carbocycles. The van der Waals surface area contributed by atoms with Crippen molar-refractivity contribution < 1.29 is 26.4 Å². The van der Waals surface area contributed by atoms with Gasteiger partial charge in [0.15, 0.2) is 0 Å². The maximum atomic E-state index is 13.2. The van der Waals surface area contributed by atoms with Crippen molar-refractivity contribution in [2.45, 2.75) is 30.8 Å². The van der Waals surface area contributed by atoms with Gasteiger partial charge in [-0.15, -0.1) is 0 Å². The highest BCUT2D eigenvalue weighted by Gasteiger charge is 2.31. The Morgan fingerprint density at radius 3 is 2.16 bits per heavy atom. The average Bonchev–Trinajstić information content (AvgIpc) is 2.67. The summed E-state index contributed by atoms with van der Waals surface area (Å²) in [6.45, 7) is 3.38. The lowest BCUT2D eigenvalue weighted by Crippen LogP contribution is -2.38. The lowest BCUT2D eigenvalue weighted by molar-refractivity contribution is -0.119. The number of rotatable bonds is 9.